The lowest BCUT2D eigenvalue weighted by molar-refractivity contribution is -0.118. The molecule has 0 atom stereocenters. The van der Waals surface area contributed by atoms with Gasteiger partial charge in [-0.2, -0.15) is 0 Å². The molecule has 0 unspecified atom stereocenters. The van der Waals surface area contributed by atoms with Gasteiger partial charge in [0.1, 0.15) is 5.75 Å². The number of nitrogens with one attached hydrogen (secondary N) is 1. The van der Waals surface area contributed by atoms with Crippen LogP contribution in [0.25, 0.3) is 0 Å². The fourth-order valence-electron chi connectivity index (χ4n) is 2.56. The highest BCUT2D eigenvalue weighted by Crippen LogP contribution is 2.43. The first-order valence-electron chi connectivity index (χ1n) is 8.48. The van der Waals surface area contributed by atoms with Gasteiger partial charge in [-0.1, -0.05) is 24.3 Å². The predicted octanol–water partition coefficient (Wildman–Crippen LogP) is 4.78. The molecule has 1 heterocycles. The molecule has 0 saturated carbocycles. The van der Waals surface area contributed by atoms with Crippen molar-refractivity contribution < 1.29 is 14.3 Å². The lowest BCUT2D eigenvalue weighted by Crippen LogP contribution is -2.20. The molecular weight excluding hydrogens is 366 g/mol. The number of hydrogen-bond acceptors (Lipinski definition) is 5. The summed E-state index contributed by atoms with van der Waals surface area (Å²) in [7, 11) is 0. The van der Waals surface area contributed by atoms with Crippen LogP contribution in [0, 0.1) is 0 Å². The zero-order valence-electron chi connectivity index (χ0n) is 14.6. The minimum atomic E-state index is -0.256. The highest BCUT2D eigenvalue weighted by Gasteiger charge is 2.16. The van der Waals surface area contributed by atoms with Crippen LogP contribution >= 0.6 is 23.5 Å². The number of rotatable bonds is 6. The third-order valence-corrected chi connectivity index (χ3v) is 6.92. The first-order chi connectivity index (χ1) is 12.6. The van der Waals surface area contributed by atoms with E-state index in [9.17, 15) is 9.59 Å². The molecule has 2 aromatic rings. The van der Waals surface area contributed by atoms with Crippen molar-refractivity contribution in [1.82, 2.24) is 0 Å². The van der Waals surface area contributed by atoms with E-state index in [-0.39, 0.29) is 18.3 Å². The quantitative estimate of drug-likeness (QED) is 0.723. The topological polar surface area (TPSA) is 55.4 Å². The molecule has 26 heavy (non-hydrogen) atoms. The Hall–Kier alpha value is -1.92. The van der Waals surface area contributed by atoms with E-state index < -0.39 is 0 Å². The van der Waals surface area contributed by atoms with Crippen molar-refractivity contribution in [3.8, 4) is 5.75 Å². The van der Waals surface area contributed by atoms with Gasteiger partial charge < -0.3 is 10.1 Å². The molecule has 136 valence electrons. The van der Waals surface area contributed by atoms with Crippen LogP contribution in [0.1, 0.15) is 33.8 Å². The maximum absolute atomic E-state index is 12.1. The van der Waals surface area contributed by atoms with Crippen molar-refractivity contribution >= 4 is 40.9 Å². The van der Waals surface area contributed by atoms with E-state index in [4.69, 9.17) is 4.74 Å². The molecule has 1 N–H and O–H groups in total. The second-order valence-electron chi connectivity index (χ2n) is 5.97. The Morgan fingerprint density at radius 1 is 1.12 bits per heavy atom. The smallest absolute Gasteiger partial charge is 0.262 e. The first kappa shape index (κ1) is 18.9. The molecule has 0 aromatic heterocycles. The third kappa shape index (κ3) is 5.29. The van der Waals surface area contributed by atoms with Crippen molar-refractivity contribution in [2.75, 3.05) is 23.4 Å². The molecule has 0 spiro atoms. The minimum Gasteiger partial charge on any atom is -0.484 e. The van der Waals surface area contributed by atoms with Crippen LogP contribution in [0.4, 0.5) is 5.69 Å². The van der Waals surface area contributed by atoms with Gasteiger partial charge in [0.05, 0.1) is 4.58 Å². The van der Waals surface area contributed by atoms with Gasteiger partial charge in [0.15, 0.2) is 12.4 Å². The van der Waals surface area contributed by atoms with E-state index in [1.807, 2.05) is 35.7 Å². The summed E-state index contributed by atoms with van der Waals surface area (Å²) in [5, 5.41) is 2.75. The summed E-state index contributed by atoms with van der Waals surface area (Å²) in [4.78, 5) is 23.4. The van der Waals surface area contributed by atoms with E-state index in [0.717, 1.165) is 0 Å². The van der Waals surface area contributed by atoms with Crippen molar-refractivity contribution in [3.05, 3.63) is 59.7 Å². The van der Waals surface area contributed by atoms with Crippen LogP contribution in [0.2, 0.25) is 0 Å². The van der Waals surface area contributed by atoms with Crippen LogP contribution in [0.15, 0.2) is 48.5 Å². The summed E-state index contributed by atoms with van der Waals surface area (Å²) < 4.78 is 6.06. The second-order valence-corrected chi connectivity index (χ2v) is 8.69. The van der Waals surface area contributed by atoms with Gasteiger partial charge in [0, 0.05) is 11.3 Å². The number of anilines is 1. The number of Topliss-reactive ketones (excluding diaryl/α,β-unsaturated/α-hetero) is 1. The second kappa shape index (κ2) is 9.14. The highest BCUT2D eigenvalue weighted by atomic mass is 32.2. The van der Waals surface area contributed by atoms with Gasteiger partial charge >= 0.3 is 0 Å². The Morgan fingerprint density at radius 3 is 2.54 bits per heavy atom. The fraction of sp³-hybridized carbons (Fsp3) is 0.300. The Labute approximate surface area is 162 Å². The molecule has 0 bridgehead atoms. The highest BCUT2D eigenvalue weighted by molar-refractivity contribution is 8.16. The van der Waals surface area contributed by atoms with Gasteiger partial charge in [-0.05, 0) is 54.7 Å². The Bertz CT molecular complexity index is 771. The summed E-state index contributed by atoms with van der Waals surface area (Å²) >= 11 is 3.96. The van der Waals surface area contributed by atoms with E-state index >= 15 is 0 Å². The summed E-state index contributed by atoms with van der Waals surface area (Å²) in [6.07, 6.45) is 1.28. The lowest BCUT2D eigenvalue weighted by Gasteiger charge is -2.21. The summed E-state index contributed by atoms with van der Waals surface area (Å²) in [6, 6.07) is 14.8. The van der Waals surface area contributed by atoms with Gasteiger partial charge in [0.25, 0.3) is 5.91 Å². The number of thioether (sulfide) groups is 2. The van der Waals surface area contributed by atoms with Crippen molar-refractivity contribution in [2.45, 2.75) is 17.9 Å². The van der Waals surface area contributed by atoms with Gasteiger partial charge in [-0.3, -0.25) is 9.59 Å². The minimum absolute atomic E-state index is 0.0354. The van der Waals surface area contributed by atoms with Crippen LogP contribution in [-0.2, 0) is 4.79 Å². The van der Waals surface area contributed by atoms with Crippen LogP contribution in [0.3, 0.4) is 0 Å². The number of ketones is 1. The summed E-state index contributed by atoms with van der Waals surface area (Å²) in [5.41, 5.74) is 2.45. The Morgan fingerprint density at radius 2 is 1.85 bits per heavy atom. The molecule has 1 aliphatic rings. The summed E-state index contributed by atoms with van der Waals surface area (Å²) in [6.45, 7) is 1.43. The molecule has 0 radical (unpaired) electrons. The number of carbonyl (C=O) groups excluding carboxylic acids is 2. The Balaban J connectivity index is 1.51. The predicted molar refractivity (Wildman–Crippen MR) is 109 cm³/mol. The molecule has 4 nitrogen and oxygen atoms in total. The molecule has 1 saturated heterocycles. The number of benzene rings is 2. The standard InChI is InChI=1S/C20H21NO3S2/c1-14(22)16-4-2-5-17(12-16)21-19(23)13-24-18-8-6-15(7-9-18)20-25-10-3-11-26-20/h2,4-9,12,20H,3,10-11,13H2,1H3,(H,21,23). The van der Waals surface area contributed by atoms with Gasteiger partial charge in [0.2, 0.25) is 0 Å². The molecule has 6 heteroatoms. The number of hydrogen-bond donors (Lipinski definition) is 1. The molecule has 2 aromatic carbocycles. The largest absolute Gasteiger partial charge is 0.484 e. The fourth-order valence-corrected chi connectivity index (χ4v) is 5.46. The van der Waals surface area contributed by atoms with Gasteiger partial charge in [-0.15, -0.1) is 23.5 Å². The van der Waals surface area contributed by atoms with E-state index in [0.29, 0.717) is 21.6 Å². The van der Waals surface area contributed by atoms with Crippen LogP contribution in [-0.4, -0.2) is 29.8 Å². The van der Waals surface area contributed by atoms with Crippen molar-refractivity contribution in [3.63, 3.8) is 0 Å². The SMILES string of the molecule is CC(=O)c1cccc(NC(=O)COc2ccc(C3SCCCS3)cc2)c1. The van der Waals surface area contributed by atoms with Crippen LogP contribution < -0.4 is 10.1 Å². The lowest BCUT2D eigenvalue weighted by atomic mass is 10.1. The van der Waals surface area contributed by atoms with Crippen molar-refractivity contribution in [1.29, 1.82) is 0 Å². The van der Waals surface area contributed by atoms with Crippen LogP contribution in [0.5, 0.6) is 5.75 Å². The molecule has 3 rings (SSSR count). The monoisotopic (exact) mass is 387 g/mol. The number of carbonyl (C=O) groups is 2. The average molecular weight is 388 g/mol. The number of ether oxygens (including phenoxy) is 1. The molecular formula is C20H21NO3S2. The zero-order chi connectivity index (χ0) is 18.4. The van der Waals surface area contributed by atoms with Gasteiger partial charge in [-0.25, -0.2) is 0 Å². The maximum Gasteiger partial charge on any atom is 0.262 e. The summed E-state index contributed by atoms with van der Waals surface area (Å²) in [5.74, 6) is 2.80. The molecule has 1 fully saturated rings. The normalized spacial score (nSPS) is 14.7. The molecule has 0 aliphatic carbocycles. The maximum atomic E-state index is 12.1. The Kier molecular flexibility index (Phi) is 6.63. The first-order valence-corrected chi connectivity index (χ1v) is 10.6. The van der Waals surface area contributed by atoms with Crippen molar-refractivity contribution in [2.24, 2.45) is 0 Å². The zero-order valence-corrected chi connectivity index (χ0v) is 16.2. The third-order valence-electron chi connectivity index (χ3n) is 3.90. The van der Waals surface area contributed by atoms with E-state index in [2.05, 4.69) is 17.4 Å². The average Bonchev–Trinajstić information content (AvgIpc) is 2.68. The molecule has 1 aliphatic heterocycles. The molecule has 1 amide bonds. The number of amides is 1. The van der Waals surface area contributed by atoms with E-state index in [1.165, 1.54) is 30.4 Å². The van der Waals surface area contributed by atoms with E-state index in [1.54, 1.807) is 24.3 Å².